The number of imidazole rings is 1. The zero-order chi connectivity index (χ0) is 25.6. The van der Waals surface area contributed by atoms with Crippen molar-refractivity contribution in [3.63, 3.8) is 0 Å². The third-order valence-corrected chi connectivity index (χ3v) is 6.33. The van der Waals surface area contributed by atoms with Crippen molar-refractivity contribution in [2.24, 2.45) is 0 Å². The molecule has 3 N–H and O–H groups in total. The number of H-pyrrole nitrogens is 2. The van der Waals surface area contributed by atoms with Crippen LogP contribution in [-0.4, -0.2) is 54.8 Å². The normalized spacial score (nSPS) is 11.9. The summed E-state index contributed by atoms with van der Waals surface area (Å²) in [7, 11) is -3.44. The van der Waals surface area contributed by atoms with E-state index in [0.29, 0.717) is 50.6 Å². The highest BCUT2D eigenvalue weighted by Gasteiger charge is 2.18. The van der Waals surface area contributed by atoms with Gasteiger partial charge < -0.3 is 4.98 Å². The van der Waals surface area contributed by atoms with E-state index in [1.54, 1.807) is 30.7 Å². The molecule has 1 aromatic carbocycles. The zero-order valence-electron chi connectivity index (χ0n) is 19.3. The number of aromatic nitrogens is 8. The average Bonchev–Trinajstić information content (AvgIpc) is 3.51. The highest BCUT2D eigenvalue weighted by molar-refractivity contribution is 7.88. The number of hydrogen-bond donors (Lipinski definition) is 3. The van der Waals surface area contributed by atoms with E-state index < -0.39 is 15.8 Å². The van der Waals surface area contributed by atoms with Gasteiger partial charge in [0.15, 0.2) is 11.5 Å². The monoisotopic (exact) mass is 515 g/mol. The van der Waals surface area contributed by atoms with Crippen molar-refractivity contribution in [2.45, 2.75) is 6.54 Å². The minimum absolute atomic E-state index is 0.0505. The van der Waals surface area contributed by atoms with Crippen LogP contribution in [0, 0.1) is 5.82 Å². The Morgan fingerprint density at radius 3 is 2.57 bits per heavy atom. The van der Waals surface area contributed by atoms with Crippen LogP contribution in [0.5, 0.6) is 0 Å². The molecule has 0 aliphatic carbocycles. The second kappa shape index (κ2) is 8.80. The van der Waals surface area contributed by atoms with Gasteiger partial charge in [0.1, 0.15) is 23.2 Å². The topological polar surface area (TPSA) is 155 Å². The zero-order valence-corrected chi connectivity index (χ0v) is 20.1. The Morgan fingerprint density at radius 1 is 0.946 bits per heavy atom. The minimum atomic E-state index is -3.44. The van der Waals surface area contributed by atoms with E-state index in [-0.39, 0.29) is 6.54 Å². The lowest BCUT2D eigenvalue weighted by molar-refractivity contribution is 0.586. The summed E-state index contributed by atoms with van der Waals surface area (Å²) in [6.07, 6.45) is 7.45. The third-order valence-electron chi connectivity index (χ3n) is 5.66. The van der Waals surface area contributed by atoms with E-state index in [2.05, 4.69) is 34.9 Å². The number of rotatable bonds is 6. The first-order chi connectivity index (χ1) is 17.8. The van der Waals surface area contributed by atoms with Gasteiger partial charge in [0.25, 0.3) is 0 Å². The summed E-state index contributed by atoms with van der Waals surface area (Å²) in [5, 5.41) is 7.39. The van der Waals surface area contributed by atoms with E-state index in [9.17, 15) is 12.8 Å². The molecule has 37 heavy (non-hydrogen) atoms. The molecule has 0 saturated carbocycles. The number of benzene rings is 1. The fourth-order valence-electron chi connectivity index (χ4n) is 4.02. The minimum Gasteiger partial charge on any atom is -0.336 e. The number of aromatic amines is 2. The quantitative estimate of drug-likeness (QED) is 0.305. The molecule has 0 bridgehead atoms. The van der Waals surface area contributed by atoms with Crippen LogP contribution in [0.4, 0.5) is 4.39 Å². The number of nitrogens with zero attached hydrogens (tertiary/aromatic N) is 6. The van der Waals surface area contributed by atoms with E-state index in [0.717, 1.165) is 17.3 Å². The molecule has 0 saturated heterocycles. The smallest absolute Gasteiger partial charge is 0.209 e. The molecule has 13 heteroatoms. The highest BCUT2D eigenvalue weighted by atomic mass is 32.2. The van der Waals surface area contributed by atoms with Crippen LogP contribution in [0.1, 0.15) is 5.56 Å². The van der Waals surface area contributed by atoms with Gasteiger partial charge in [-0.05, 0) is 42.0 Å². The summed E-state index contributed by atoms with van der Waals surface area (Å²) in [5.74, 6) is -0.0582. The van der Waals surface area contributed by atoms with Gasteiger partial charge in [-0.3, -0.25) is 10.1 Å². The molecule has 0 atom stereocenters. The summed E-state index contributed by atoms with van der Waals surface area (Å²) in [4.78, 5) is 25.3. The number of halogens is 1. The first-order valence-corrected chi connectivity index (χ1v) is 12.9. The molecule has 0 fully saturated rings. The molecule has 6 rings (SSSR count). The van der Waals surface area contributed by atoms with Crippen molar-refractivity contribution in [3.8, 4) is 34.0 Å². The second-order valence-electron chi connectivity index (χ2n) is 8.37. The molecule has 0 aliphatic heterocycles. The summed E-state index contributed by atoms with van der Waals surface area (Å²) in [6.45, 7) is -0.0505. The summed E-state index contributed by atoms with van der Waals surface area (Å²) in [6, 6.07) is 9.76. The van der Waals surface area contributed by atoms with Crippen molar-refractivity contribution < 1.29 is 12.8 Å². The molecule has 5 aromatic heterocycles. The standard InChI is InChI=1S/C24H18FN9O2S/c1-37(35,36)29-9-13-6-14(8-16(25)7-13)20-21-18(4-5-28-20)31-24(32-21)23-22-19(33-34-23)3-2-17(30-22)15-10-26-12-27-11-15/h2-8,10-12,29H,9H2,1H3,(H,31,32)(H,33,34). The maximum atomic E-state index is 14.4. The molecule has 0 spiro atoms. The van der Waals surface area contributed by atoms with Gasteiger partial charge in [0, 0.05) is 36.3 Å². The number of fused-ring (bicyclic) bond motifs is 2. The summed E-state index contributed by atoms with van der Waals surface area (Å²) < 4.78 is 39.8. The summed E-state index contributed by atoms with van der Waals surface area (Å²) >= 11 is 0. The van der Waals surface area contributed by atoms with E-state index >= 15 is 0 Å². The Labute approximate surface area is 209 Å². The molecule has 0 aliphatic rings. The predicted octanol–water partition coefficient (Wildman–Crippen LogP) is 3.21. The van der Waals surface area contributed by atoms with Gasteiger partial charge in [-0.1, -0.05) is 0 Å². The first-order valence-electron chi connectivity index (χ1n) is 11.0. The Kier molecular flexibility index (Phi) is 5.43. The molecule has 0 unspecified atom stereocenters. The largest absolute Gasteiger partial charge is 0.336 e. The number of pyridine rings is 2. The molecule has 0 radical (unpaired) electrons. The molecular weight excluding hydrogens is 497 g/mol. The molecule has 6 aromatic rings. The van der Waals surface area contributed by atoms with Crippen LogP contribution in [0.2, 0.25) is 0 Å². The Hall–Kier alpha value is -4.62. The number of sulfonamides is 1. The fraction of sp³-hybridized carbons (Fsp3) is 0.0833. The second-order valence-corrected chi connectivity index (χ2v) is 10.2. The first kappa shape index (κ1) is 22.8. The maximum absolute atomic E-state index is 14.4. The van der Waals surface area contributed by atoms with Gasteiger partial charge in [0.2, 0.25) is 10.0 Å². The van der Waals surface area contributed by atoms with Crippen molar-refractivity contribution in [2.75, 3.05) is 6.26 Å². The van der Waals surface area contributed by atoms with Gasteiger partial charge in [-0.15, -0.1) is 0 Å². The average molecular weight is 516 g/mol. The molecular formula is C24H18FN9O2S. The Morgan fingerprint density at radius 2 is 1.76 bits per heavy atom. The van der Waals surface area contributed by atoms with Gasteiger partial charge in [-0.2, -0.15) is 5.10 Å². The van der Waals surface area contributed by atoms with Crippen molar-refractivity contribution in [3.05, 3.63) is 72.7 Å². The lowest BCUT2D eigenvalue weighted by Crippen LogP contribution is -2.21. The third kappa shape index (κ3) is 4.52. The predicted molar refractivity (Wildman–Crippen MR) is 135 cm³/mol. The molecule has 11 nitrogen and oxygen atoms in total. The van der Waals surface area contributed by atoms with Gasteiger partial charge in [0.05, 0.1) is 28.7 Å². The van der Waals surface area contributed by atoms with Crippen LogP contribution < -0.4 is 4.72 Å². The van der Waals surface area contributed by atoms with Crippen LogP contribution in [0.15, 0.2) is 61.3 Å². The SMILES string of the molecule is CS(=O)(=O)NCc1cc(F)cc(-c2nccc3[nH]c(-c4n[nH]c5ccc(-c6cncnc6)nc45)nc23)c1. The Bertz CT molecular complexity index is 1890. The van der Waals surface area contributed by atoms with Gasteiger partial charge >= 0.3 is 0 Å². The van der Waals surface area contributed by atoms with Gasteiger partial charge in [-0.25, -0.2) is 37.5 Å². The van der Waals surface area contributed by atoms with E-state index in [1.807, 2.05) is 12.1 Å². The maximum Gasteiger partial charge on any atom is 0.209 e. The molecule has 184 valence electrons. The van der Waals surface area contributed by atoms with Crippen LogP contribution in [0.25, 0.3) is 56.1 Å². The highest BCUT2D eigenvalue weighted by Crippen LogP contribution is 2.31. The van der Waals surface area contributed by atoms with E-state index in [1.165, 1.54) is 18.5 Å². The van der Waals surface area contributed by atoms with Crippen LogP contribution >= 0.6 is 0 Å². The molecule has 0 amide bonds. The lowest BCUT2D eigenvalue weighted by Gasteiger charge is -2.07. The molecule has 5 heterocycles. The fourth-order valence-corrected chi connectivity index (χ4v) is 4.45. The summed E-state index contributed by atoms with van der Waals surface area (Å²) in [5.41, 5.74) is 5.82. The number of hydrogen-bond acceptors (Lipinski definition) is 8. The van der Waals surface area contributed by atoms with Crippen molar-refractivity contribution in [1.29, 1.82) is 0 Å². The lowest BCUT2D eigenvalue weighted by atomic mass is 10.1. The Balaban J connectivity index is 1.44. The van der Waals surface area contributed by atoms with E-state index in [4.69, 9.17) is 9.97 Å². The van der Waals surface area contributed by atoms with Crippen molar-refractivity contribution in [1.82, 2.24) is 44.8 Å². The van der Waals surface area contributed by atoms with Crippen LogP contribution in [0.3, 0.4) is 0 Å². The number of nitrogens with one attached hydrogen (secondary N) is 3. The van der Waals surface area contributed by atoms with Crippen LogP contribution in [-0.2, 0) is 16.6 Å². The van der Waals surface area contributed by atoms with Crippen molar-refractivity contribution >= 4 is 32.1 Å².